The third kappa shape index (κ3) is 3.21. The number of aliphatic hydroxyl groups is 1. The van der Waals surface area contributed by atoms with Gasteiger partial charge in [-0.2, -0.15) is 0 Å². The van der Waals surface area contributed by atoms with Gasteiger partial charge < -0.3 is 10.4 Å². The van der Waals surface area contributed by atoms with Crippen LogP contribution < -0.4 is 5.32 Å². The van der Waals surface area contributed by atoms with E-state index in [1.807, 2.05) is 0 Å². The van der Waals surface area contributed by atoms with Gasteiger partial charge in [0.1, 0.15) is 0 Å². The Labute approximate surface area is 99.8 Å². The Morgan fingerprint density at radius 3 is 2.31 bits per heavy atom. The van der Waals surface area contributed by atoms with Gasteiger partial charge in [0.15, 0.2) is 0 Å². The monoisotopic (exact) mass is 225 g/mol. The Morgan fingerprint density at radius 2 is 1.69 bits per heavy atom. The van der Waals surface area contributed by atoms with Crippen molar-refractivity contribution in [1.82, 2.24) is 5.32 Å². The smallest absolute Gasteiger partial charge is 0.0431 e. The van der Waals surface area contributed by atoms with Crippen LogP contribution in [0.25, 0.3) is 0 Å². The predicted octanol–water partition coefficient (Wildman–Crippen LogP) is 2.85. The van der Waals surface area contributed by atoms with E-state index in [2.05, 4.69) is 5.32 Å². The summed E-state index contributed by atoms with van der Waals surface area (Å²) in [4.78, 5) is 0. The molecule has 0 heterocycles. The molecule has 0 atom stereocenters. The lowest BCUT2D eigenvalue weighted by Gasteiger charge is -2.37. The standard InChI is InChI=1S/C14H27NO/c16-12-4-3-11-15-13-5-9-14(10-6-13)7-1-2-8-14/h13,15-16H,1-12H2. The summed E-state index contributed by atoms with van der Waals surface area (Å²) in [5.74, 6) is 0. The zero-order chi connectivity index (χ0) is 11.3. The van der Waals surface area contributed by atoms with Crippen molar-refractivity contribution in [2.75, 3.05) is 13.2 Å². The van der Waals surface area contributed by atoms with E-state index < -0.39 is 0 Å². The zero-order valence-corrected chi connectivity index (χ0v) is 10.5. The summed E-state index contributed by atoms with van der Waals surface area (Å²) in [6.07, 6.45) is 13.7. The minimum absolute atomic E-state index is 0.343. The molecule has 0 aliphatic heterocycles. The van der Waals surface area contributed by atoms with Gasteiger partial charge in [-0.1, -0.05) is 12.8 Å². The van der Waals surface area contributed by atoms with Gasteiger partial charge in [0.25, 0.3) is 0 Å². The average molecular weight is 225 g/mol. The summed E-state index contributed by atoms with van der Waals surface area (Å²) < 4.78 is 0. The molecule has 0 bridgehead atoms. The van der Waals surface area contributed by atoms with Crippen LogP contribution in [0.5, 0.6) is 0 Å². The predicted molar refractivity (Wildman–Crippen MR) is 67.5 cm³/mol. The van der Waals surface area contributed by atoms with Crippen molar-refractivity contribution in [2.24, 2.45) is 5.41 Å². The van der Waals surface area contributed by atoms with Crippen molar-refractivity contribution in [2.45, 2.75) is 70.3 Å². The molecule has 0 aromatic rings. The van der Waals surface area contributed by atoms with Gasteiger partial charge in [-0.25, -0.2) is 0 Å². The molecule has 94 valence electrons. The summed E-state index contributed by atoms with van der Waals surface area (Å²) in [5, 5.41) is 12.4. The fourth-order valence-electron chi connectivity index (χ4n) is 3.60. The summed E-state index contributed by atoms with van der Waals surface area (Å²) in [6, 6.07) is 0.768. The summed E-state index contributed by atoms with van der Waals surface area (Å²) in [7, 11) is 0. The van der Waals surface area contributed by atoms with Crippen LogP contribution in [0.4, 0.5) is 0 Å². The second kappa shape index (κ2) is 6.02. The highest BCUT2D eigenvalue weighted by molar-refractivity contribution is 4.91. The van der Waals surface area contributed by atoms with E-state index in [1.165, 1.54) is 51.4 Å². The number of nitrogens with one attached hydrogen (secondary N) is 1. The van der Waals surface area contributed by atoms with Gasteiger partial charge in [-0.05, 0) is 63.3 Å². The second-order valence-corrected chi connectivity index (χ2v) is 5.87. The van der Waals surface area contributed by atoms with Crippen LogP contribution in [0.1, 0.15) is 64.2 Å². The van der Waals surface area contributed by atoms with Crippen molar-refractivity contribution < 1.29 is 5.11 Å². The van der Waals surface area contributed by atoms with Crippen LogP contribution in [0, 0.1) is 5.41 Å². The fraction of sp³-hybridized carbons (Fsp3) is 1.00. The van der Waals surface area contributed by atoms with E-state index in [0.29, 0.717) is 6.61 Å². The Hall–Kier alpha value is -0.0800. The van der Waals surface area contributed by atoms with E-state index in [1.54, 1.807) is 0 Å². The summed E-state index contributed by atoms with van der Waals surface area (Å²) >= 11 is 0. The zero-order valence-electron chi connectivity index (χ0n) is 10.5. The molecule has 2 N–H and O–H groups in total. The minimum atomic E-state index is 0.343. The molecule has 16 heavy (non-hydrogen) atoms. The molecule has 0 amide bonds. The fourth-order valence-corrected chi connectivity index (χ4v) is 3.60. The molecule has 2 heteroatoms. The molecule has 2 aliphatic carbocycles. The topological polar surface area (TPSA) is 32.3 Å². The maximum absolute atomic E-state index is 8.71. The molecule has 0 unspecified atom stereocenters. The number of hydrogen-bond acceptors (Lipinski definition) is 2. The van der Waals surface area contributed by atoms with Crippen molar-refractivity contribution in [1.29, 1.82) is 0 Å². The lowest BCUT2D eigenvalue weighted by molar-refractivity contribution is 0.168. The lowest BCUT2D eigenvalue weighted by atomic mass is 9.71. The third-order valence-corrected chi connectivity index (χ3v) is 4.73. The Morgan fingerprint density at radius 1 is 1.00 bits per heavy atom. The van der Waals surface area contributed by atoms with E-state index >= 15 is 0 Å². The maximum atomic E-state index is 8.71. The van der Waals surface area contributed by atoms with Gasteiger partial charge >= 0.3 is 0 Å². The first kappa shape index (κ1) is 12.4. The molecule has 0 radical (unpaired) electrons. The Balaban J connectivity index is 1.61. The largest absolute Gasteiger partial charge is 0.396 e. The maximum Gasteiger partial charge on any atom is 0.0431 e. The normalized spacial score (nSPS) is 25.3. The number of unbranched alkanes of at least 4 members (excludes halogenated alkanes) is 1. The highest BCUT2D eigenvalue weighted by Crippen LogP contribution is 2.48. The van der Waals surface area contributed by atoms with Crippen molar-refractivity contribution in [3.05, 3.63) is 0 Å². The van der Waals surface area contributed by atoms with E-state index in [4.69, 9.17) is 5.11 Å². The molecular formula is C14H27NO. The molecular weight excluding hydrogens is 198 g/mol. The van der Waals surface area contributed by atoms with Gasteiger partial charge in [0, 0.05) is 12.6 Å². The molecule has 0 saturated heterocycles. The van der Waals surface area contributed by atoms with Crippen molar-refractivity contribution in [3.8, 4) is 0 Å². The van der Waals surface area contributed by atoms with E-state index in [0.717, 1.165) is 30.8 Å². The SMILES string of the molecule is OCCCCNC1CCC2(CCCC2)CC1. The van der Waals surface area contributed by atoms with Crippen molar-refractivity contribution in [3.63, 3.8) is 0 Å². The van der Waals surface area contributed by atoms with E-state index in [9.17, 15) is 0 Å². The van der Waals surface area contributed by atoms with Crippen LogP contribution in [0.2, 0.25) is 0 Å². The first-order valence-electron chi connectivity index (χ1n) is 7.19. The second-order valence-electron chi connectivity index (χ2n) is 5.87. The van der Waals surface area contributed by atoms with E-state index in [-0.39, 0.29) is 0 Å². The Kier molecular flexibility index (Phi) is 4.66. The number of hydrogen-bond donors (Lipinski definition) is 2. The molecule has 2 nitrogen and oxygen atoms in total. The molecule has 2 saturated carbocycles. The highest BCUT2D eigenvalue weighted by Gasteiger charge is 2.37. The highest BCUT2D eigenvalue weighted by atomic mass is 16.2. The first-order valence-corrected chi connectivity index (χ1v) is 7.19. The van der Waals surface area contributed by atoms with Gasteiger partial charge in [-0.15, -0.1) is 0 Å². The van der Waals surface area contributed by atoms with Crippen LogP contribution in [-0.4, -0.2) is 24.3 Å². The van der Waals surface area contributed by atoms with Gasteiger partial charge in [-0.3, -0.25) is 0 Å². The lowest BCUT2D eigenvalue weighted by Crippen LogP contribution is -2.37. The molecule has 0 aromatic heterocycles. The first-order chi connectivity index (χ1) is 7.85. The van der Waals surface area contributed by atoms with Crippen LogP contribution in [0.15, 0.2) is 0 Å². The molecule has 0 aromatic carbocycles. The summed E-state index contributed by atoms with van der Waals surface area (Å²) in [5.41, 5.74) is 0.767. The number of rotatable bonds is 5. The molecule has 1 spiro atoms. The molecule has 2 aliphatic rings. The van der Waals surface area contributed by atoms with Gasteiger partial charge in [0.05, 0.1) is 0 Å². The average Bonchev–Trinajstić information content (AvgIpc) is 2.76. The number of aliphatic hydroxyl groups excluding tert-OH is 1. The van der Waals surface area contributed by atoms with Crippen LogP contribution in [-0.2, 0) is 0 Å². The molecule has 2 fully saturated rings. The van der Waals surface area contributed by atoms with Crippen LogP contribution in [0.3, 0.4) is 0 Å². The van der Waals surface area contributed by atoms with Gasteiger partial charge in [0.2, 0.25) is 0 Å². The molecule has 2 rings (SSSR count). The quantitative estimate of drug-likeness (QED) is 0.705. The Bertz CT molecular complexity index is 189. The third-order valence-electron chi connectivity index (χ3n) is 4.73. The summed E-state index contributed by atoms with van der Waals surface area (Å²) in [6.45, 7) is 1.44. The van der Waals surface area contributed by atoms with Crippen LogP contribution >= 0.6 is 0 Å². The minimum Gasteiger partial charge on any atom is -0.396 e. The van der Waals surface area contributed by atoms with Crippen molar-refractivity contribution >= 4 is 0 Å².